The molecule has 0 aliphatic heterocycles. The summed E-state index contributed by atoms with van der Waals surface area (Å²) in [6.45, 7) is 4.52. The minimum atomic E-state index is -0.263. The van der Waals surface area contributed by atoms with Crippen LogP contribution in [0.3, 0.4) is 0 Å². The quantitative estimate of drug-likeness (QED) is 0.0827. The topological polar surface area (TPSA) is 43.4 Å². The summed E-state index contributed by atoms with van der Waals surface area (Å²) in [5, 5.41) is 0. The summed E-state index contributed by atoms with van der Waals surface area (Å²) in [5.74, 6) is -0.130. The molecule has 1 radical (unpaired) electrons. The van der Waals surface area contributed by atoms with Crippen LogP contribution in [-0.4, -0.2) is 18.4 Å². The normalized spacial score (nSPS) is 12.1. The Hall–Kier alpha value is -0.860. The first-order valence-corrected chi connectivity index (χ1v) is 15.3. The zero-order chi connectivity index (χ0) is 25.0. The van der Waals surface area contributed by atoms with Crippen LogP contribution in [0.2, 0.25) is 0 Å². The Morgan fingerprint density at radius 2 is 0.912 bits per heavy atom. The van der Waals surface area contributed by atoms with E-state index in [2.05, 4.69) is 13.8 Å². The van der Waals surface area contributed by atoms with Crippen LogP contribution in [0, 0.1) is 0 Å². The third kappa shape index (κ3) is 25.8. The van der Waals surface area contributed by atoms with E-state index >= 15 is 0 Å². The van der Waals surface area contributed by atoms with Crippen LogP contribution in [0.5, 0.6) is 0 Å². The molecule has 0 heterocycles. The lowest BCUT2D eigenvalue weighted by Crippen LogP contribution is -2.18. The maximum atomic E-state index is 12.1. The highest BCUT2D eigenvalue weighted by molar-refractivity contribution is 5.69. The summed E-state index contributed by atoms with van der Waals surface area (Å²) in [6, 6.07) is 0. The van der Waals surface area contributed by atoms with Crippen LogP contribution in [0.4, 0.5) is 0 Å². The van der Waals surface area contributed by atoms with Gasteiger partial charge in [0.1, 0.15) is 6.10 Å². The van der Waals surface area contributed by atoms with Crippen LogP contribution in [-0.2, 0) is 14.3 Å². The van der Waals surface area contributed by atoms with Gasteiger partial charge < -0.3 is 4.74 Å². The Morgan fingerprint density at radius 3 is 1.29 bits per heavy atom. The van der Waals surface area contributed by atoms with Crippen molar-refractivity contribution in [3.05, 3.63) is 0 Å². The summed E-state index contributed by atoms with van der Waals surface area (Å²) in [6.07, 6.45) is 33.1. The molecule has 1 unspecified atom stereocenters. The van der Waals surface area contributed by atoms with Crippen molar-refractivity contribution in [3.63, 3.8) is 0 Å². The summed E-state index contributed by atoms with van der Waals surface area (Å²) in [7, 11) is 0. The number of ether oxygens (including phenoxy) is 1. The monoisotopic (exact) mass is 479 g/mol. The minimum Gasteiger partial charge on any atom is -0.462 e. The summed E-state index contributed by atoms with van der Waals surface area (Å²) in [4.78, 5) is 23.0. The highest BCUT2D eigenvalue weighted by Gasteiger charge is 2.14. The lowest BCUT2D eigenvalue weighted by molar-refractivity contribution is -0.149. The Balaban J connectivity index is 3.50. The first-order chi connectivity index (χ1) is 16.7. The van der Waals surface area contributed by atoms with Crippen molar-refractivity contribution in [2.24, 2.45) is 0 Å². The lowest BCUT2D eigenvalue weighted by Gasteiger charge is -2.15. The maximum absolute atomic E-state index is 12.1. The summed E-state index contributed by atoms with van der Waals surface area (Å²) in [5.41, 5.74) is 0. The molecule has 0 N–H and O–H groups in total. The second-order valence-corrected chi connectivity index (χ2v) is 10.4. The Bertz CT molecular complexity index is 421. The molecule has 201 valence electrons. The highest BCUT2D eigenvalue weighted by Crippen LogP contribution is 2.16. The predicted octanol–water partition coefficient (Wildman–Crippen LogP) is 10.2. The van der Waals surface area contributed by atoms with E-state index in [-0.39, 0.29) is 18.5 Å². The largest absolute Gasteiger partial charge is 0.462 e. The maximum Gasteiger partial charge on any atom is 0.306 e. The van der Waals surface area contributed by atoms with Crippen molar-refractivity contribution in [2.45, 2.75) is 187 Å². The van der Waals surface area contributed by atoms with E-state index in [0.717, 1.165) is 32.1 Å². The number of carbonyl (C=O) groups is 1. The molecule has 0 spiro atoms. The molecule has 0 saturated heterocycles. The average molecular weight is 480 g/mol. The van der Waals surface area contributed by atoms with Crippen molar-refractivity contribution in [1.29, 1.82) is 0 Å². The molecule has 0 amide bonds. The first-order valence-electron chi connectivity index (χ1n) is 15.3. The van der Waals surface area contributed by atoms with Gasteiger partial charge in [-0.25, -0.2) is 0 Å². The zero-order valence-electron chi connectivity index (χ0n) is 23.2. The molecule has 0 aliphatic carbocycles. The van der Waals surface area contributed by atoms with Crippen LogP contribution >= 0.6 is 0 Å². The van der Waals surface area contributed by atoms with Gasteiger partial charge in [-0.2, -0.15) is 0 Å². The fourth-order valence-corrected chi connectivity index (χ4v) is 4.69. The van der Waals surface area contributed by atoms with Crippen molar-refractivity contribution >= 4 is 12.3 Å². The number of rotatable bonds is 28. The molecule has 3 nitrogen and oxygen atoms in total. The first kappa shape index (κ1) is 33.1. The Labute approximate surface area is 213 Å². The molecule has 0 bridgehead atoms. The predicted molar refractivity (Wildman–Crippen MR) is 147 cm³/mol. The number of hydrogen-bond donors (Lipinski definition) is 0. The highest BCUT2D eigenvalue weighted by atomic mass is 16.5. The molecule has 0 aliphatic rings. The molecule has 1 atom stereocenters. The number of esters is 1. The van der Waals surface area contributed by atoms with E-state index in [9.17, 15) is 9.59 Å². The van der Waals surface area contributed by atoms with Gasteiger partial charge in [0, 0.05) is 6.42 Å². The van der Waals surface area contributed by atoms with Crippen molar-refractivity contribution in [3.8, 4) is 0 Å². The standard InChI is InChI=1S/C31H59O3/c1-3-5-7-9-11-13-14-15-16-17-18-19-21-23-25-27-31(33)34-30(28-29-32)26-24-22-20-12-10-8-6-4-2/h30H,3-28H2,1-2H3. The van der Waals surface area contributed by atoms with Gasteiger partial charge in [-0.3, -0.25) is 9.59 Å². The Kier molecular flexibility index (Phi) is 27.7. The third-order valence-corrected chi connectivity index (χ3v) is 6.97. The average Bonchev–Trinajstić information content (AvgIpc) is 2.83. The van der Waals surface area contributed by atoms with Crippen LogP contribution in [0.25, 0.3) is 0 Å². The van der Waals surface area contributed by atoms with E-state index in [1.807, 2.05) is 6.29 Å². The van der Waals surface area contributed by atoms with Gasteiger partial charge in [-0.05, 0) is 19.3 Å². The summed E-state index contributed by atoms with van der Waals surface area (Å²) >= 11 is 0. The van der Waals surface area contributed by atoms with Crippen molar-refractivity contribution < 1.29 is 14.3 Å². The van der Waals surface area contributed by atoms with E-state index < -0.39 is 0 Å². The van der Waals surface area contributed by atoms with Gasteiger partial charge in [0.05, 0.1) is 6.42 Å². The molecule has 0 saturated carbocycles. The van der Waals surface area contributed by atoms with Gasteiger partial charge in [0.15, 0.2) is 0 Å². The van der Waals surface area contributed by atoms with E-state index in [1.165, 1.54) is 122 Å². The van der Waals surface area contributed by atoms with E-state index in [4.69, 9.17) is 4.74 Å². The number of carbonyl (C=O) groups excluding carboxylic acids is 2. The molecule has 0 aromatic carbocycles. The Morgan fingerprint density at radius 1 is 0.559 bits per heavy atom. The second kappa shape index (κ2) is 28.4. The molecule has 0 rings (SSSR count). The van der Waals surface area contributed by atoms with Crippen molar-refractivity contribution in [1.82, 2.24) is 0 Å². The van der Waals surface area contributed by atoms with Gasteiger partial charge in [-0.1, -0.05) is 149 Å². The van der Waals surface area contributed by atoms with Gasteiger partial charge in [0.2, 0.25) is 6.29 Å². The second-order valence-electron chi connectivity index (χ2n) is 10.4. The lowest BCUT2D eigenvalue weighted by atomic mass is 10.0. The SMILES string of the molecule is CCCCCCCCCCCCCCCCCC(=O)OC(C[C]=O)CCCCCCCCCC. The molecule has 0 aromatic heterocycles. The molecule has 34 heavy (non-hydrogen) atoms. The van der Waals surface area contributed by atoms with E-state index in [0.29, 0.717) is 6.42 Å². The summed E-state index contributed by atoms with van der Waals surface area (Å²) < 4.78 is 5.57. The molecule has 3 heteroatoms. The van der Waals surface area contributed by atoms with Gasteiger partial charge in [-0.15, -0.1) is 0 Å². The number of hydrogen-bond acceptors (Lipinski definition) is 3. The van der Waals surface area contributed by atoms with Gasteiger partial charge >= 0.3 is 5.97 Å². The molecular weight excluding hydrogens is 420 g/mol. The molecule has 0 aromatic rings. The third-order valence-electron chi connectivity index (χ3n) is 6.97. The fourth-order valence-electron chi connectivity index (χ4n) is 4.69. The van der Waals surface area contributed by atoms with Crippen LogP contribution in [0.15, 0.2) is 0 Å². The zero-order valence-corrected chi connectivity index (χ0v) is 23.2. The van der Waals surface area contributed by atoms with Crippen molar-refractivity contribution in [2.75, 3.05) is 0 Å². The van der Waals surface area contributed by atoms with Crippen LogP contribution in [0.1, 0.15) is 181 Å². The minimum absolute atomic E-state index is 0.130. The number of unbranched alkanes of at least 4 members (excludes halogenated alkanes) is 21. The molecule has 0 fully saturated rings. The van der Waals surface area contributed by atoms with Crippen LogP contribution < -0.4 is 0 Å². The van der Waals surface area contributed by atoms with E-state index in [1.54, 1.807) is 0 Å². The smallest absolute Gasteiger partial charge is 0.306 e. The fraction of sp³-hybridized carbons (Fsp3) is 0.935. The van der Waals surface area contributed by atoms with Gasteiger partial charge in [0.25, 0.3) is 0 Å². The molecular formula is C31H59O3.